The average molecular weight is 771 g/mol. The van der Waals surface area contributed by atoms with E-state index in [9.17, 15) is 23.7 Å². The maximum atomic E-state index is 12.7. The summed E-state index contributed by atoms with van der Waals surface area (Å²) in [4.78, 5) is 31.7. The maximum absolute atomic E-state index is 12.7. The van der Waals surface area contributed by atoms with Crippen LogP contribution in [-0.4, -0.2) is 34.8 Å². The van der Waals surface area contributed by atoms with Gasteiger partial charge in [-0.2, -0.15) is 4.31 Å². The zero-order chi connectivity index (χ0) is 39.5. The average Bonchev–Trinajstić information content (AvgIpc) is 3.02. The minimum absolute atomic E-state index is 0.0438. The molecule has 298 valence electrons. The lowest BCUT2D eigenvalue weighted by atomic mass is 9.79. The standard InChI is InChI=1S/C40H68O10P2/c1-29(2)17-12-18-30(3)19-13-20-31(4)21-14-22-32(5)23-15-24-33(6)25-16-26-34(7)27-47-51(42,43)50-52(44,45)49-40-37(10)35(8)36(9)39(48-40)28-46-38(11)41/h17,19,21,23,25,27,35-37,39-40H,12-16,18,20,22,24,26,28H2,1-11H3,(H,42,43)(H,44,45)/b30-19+,31-21-,32-23-,33-25-,34-27-/t35-,36-,37?,39?,40+/m0/s1. The summed E-state index contributed by atoms with van der Waals surface area (Å²) < 4.78 is 50.6. The molecule has 1 heterocycles. The smallest absolute Gasteiger partial charge is 0.463 e. The van der Waals surface area contributed by atoms with Crippen LogP contribution in [0.5, 0.6) is 0 Å². The lowest BCUT2D eigenvalue weighted by molar-refractivity contribution is -0.227. The largest absolute Gasteiger partial charge is 0.535 e. The first-order valence-corrected chi connectivity index (χ1v) is 21.6. The molecule has 1 rings (SSSR count). The molecule has 0 amide bonds. The van der Waals surface area contributed by atoms with Gasteiger partial charge in [-0.25, -0.2) is 9.13 Å². The van der Waals surface area contributed by atoms with E-state index >= 15 is 0 Å². The minimum atomic E-state index is -5.09. The fourth-order valence-electron chi connectivity index (χ4n) is 5.69. The van der Waals surface area contributed by atoms with Crippen LogP contribution in [0.1, 0.15) is 140 Å². The van der Waals surface area contributed by atoms with Crippen LogP contribution in [0.25, 0.3) is 0 Å². The molecule has 0 aromatic rings. The molecular weight excluding hydrogens is 702 g/mol. The molecule has 52 heavy (non-hydrogen) atoms. The summed E-state index contributed by atoms with van der Waals surface area (Å²) in [6, 6.07) is 0. The molecule has 12 heteroatoms. The van der Waals surface area contributed by atoms with E-state index in [1.54, 1.807) is 13.8 Å². The Labute approximate surface area is 314 Å². The summed E-state index contributed by atoms with van der Waals surface area (Å²) in [6.07, 6.45) is 20.5. The minimum Gasteiger partial charge on any atom is -0.463 e. The van der Waals surface area contributed by atoms with Crippen molar-refractivity contribution in [3.63, 3.8) is 0 Å². The number of hydrogen-bond acceptors (Lipinski definition) is 8. The number of hydrogen-bond donors (Lipinski definition) is 2. The van der Waals surface area contributed by atoms with Crippen molar-refractivity contribution in [1.82, 2.24) is 0 Å². The van der Waals surface area contributed by atoms with Crippen LogP contribution >= 0.6 is 15.6 Å². The Morgan fingerprint density at radius 3 is 1.46 bits per heavy atom. The Hall–Kier alpha value is -2.03. The van der Waals surface area contributed by atoms with Gasteiger partial charge in [0.05, 0.1) is 12.4 Å². The normalized spacial score (nSPS) is 24.6. The molecule has 2 N–H and O–H groups in total. The van der Waals surface area contributed by atoms with Crippen molar-refractivity contribution >= 4 is 21.6 Å². The molecule has 0 aliphatic carbocycles. The number of ether oxygens (including phenoxy) is 2. The summed E-state index contributed by atoms with van der Waals surface area (Å²) in [5.41, 5.74) is 7.60. The molecule has 1 aliphatic rings. The molecule has 0 spiro atoms. The number of allylic oxidation sites excluding steroid dienone is 11. The van der Waals surface area contributed by atoms with Gasteiger partial charge in [-0.1, -0.05) is 79.0 Å². The molecule has 0 aromatic heterocycles. The van der Waals surface area contributed by atoms with Crippen molar-refractivity contribution in [3.05, 3.63) is 70.1 Å². The molecular formula is C40H68O10P2. The van der Waals surface area contributed by atoms with Crippen LogP contribution < -0.4 is 0 Å². The number of carbonyl (C=O) groups is 1. The summed E-state index contributed by atoms with van der Waals surface area (Å²) in [5.74, 6) is -0.937. The van der Waals surface area contributed by atoms with E-state index in [0.717, 1.165) is 57.6 Å². The second-order valence-electron chi connectivity index (χ2n) is 14.8. The summed E-state index contributed by atoms with van der Waals surface area (Å²) in [7, 11) is -10.1. The molecule has 4 unspecified atom stereocenters. The molecule has 0 bridgehead atoms. The highest BCUT2D eigenvalue weighted by molar-refractivity contribution is 7.61. The van der Waals surface area contributed by atoms with Crippen molar-refractivity contribution in [3.8, 4) is 0 Å². The van der Waals surface area contributed by atoms with Gasteiger partial charge in [-0.3, -0.25) is 14.2 Å². The number of rotatable bonds is 23. The third-order valence-corrected chi connectivity index (χ3v) is 12.0. The molecule has 1 aliphatic heterocycles. The van der Waals surface area contributed by atoms with E-state index in [1.165, 1.54) is 34.8 Å². The van der Waals surface area contributed by atoms with Gasteiger partial charge in [0.2, 0.25) is 0 Å². The van der Waals surface area contributed by atoms with Gasteiger partial charge in [-0.05, 0) is 130 Å². The number of phosphoric ester groups is 2. The highest BCUT2D eigenvalue weighted by atomic mass is 31.3. The fourth-order valence-corrected chi connectivity index (χ4v) is 7.86. The number of carbonyl (C=O) groups excluding carboxylic acids is 1. The van der Waals surface area contributed by atoms with Crippen molar-refractivity contribution < 1.29 is 46.5 Å². The third kappa shape index (κ3) is 21.6. The Kier molecular flexibility index (Phi) is 22.5. The molecule has 0 radical (unpaired) electrons. The first-order valence-electron chi connectivity index (χ1n) is 18.6. The molecule has 1 fully saturated rings. The summed E-state index contributed by atoms with van der Waals surface area (Å²) in [5, 5.41) is 0. The van der Waals surface area contributed by atoms with Crippen molar-refractivity contribution in [2.45, 2.75) is 153 Å². The van der Waals surface area contributed by atoms with Crippen LogP contribution in [0.15, 0.2) is 70.1 Å². The van der Waals surface area contributed by atoms with E-state index in [4.69, 9.17) is 18.5 Å². The maximum Gasteiger partial charge on any atom is 0.535 e. The molecule has 1 saturated heterocycles. The van der Waals surface area contributed by atoms with Gasteiger partial charge in [0.15, 0.2) is 6.29 Å². The lowest BCUT2D eigenvalue weighted by Gasteiger charge is -2.43. The molecule has 0 saturated carbocycles. The number of phosphoric acid groups is 2. The highest BCUT2D eigenvalue weighted by Crippen LogP contribution is 2.62. The van der Waals surface area contributed by atoms with Gasteiger partial charge in [-0.15, -0.1) is 0 Å². The van der Waals surface area contributed by atoms with Crippen LogP contribution in [0.4, 0.5) is 0 Å². The van der Waals surface area contributed by atoms with Crippen LogP contribution in [0, 0.1) is 17.8 Å². The van der Waals surface area contributed by atoms with E-state index < -0.39 is 34.0 Å². The first-order chi connectivity index (χ1) is 24.2. The third-order valence-electron chi connectivity index (χ3n) is 9.48. The van der Waals surface area contributed by atoms with E-state index in [-0.39, 0.29) is 24.4 Å². The van der Waals surface area contributed by atoms with Gasteiger partial charge in [0.25, 0.3) is 0 Å². The fraction of sp³-hybridized carbons (Fsp3) is 0.675. The van der Waals surface area contributed by atoms with Crippen LogP contribution in [0.3, 0.4) is 0 Å². The van der Waals surface area contributed by atoms with Gasteiger partial charge < -0.3 is 18.9 Å². The lowest BCUT2D eigenvalue weighted by Crippen LogP contribution is -2.47. The van der Waals surface area contributed by atoms with Gasteiger partial charge in [0, 0.05) is 12.8 Å². The predicted molar refractivity (Wildman–Crippen MR) is 210 cm³/mol. The Balaban J connectivity index is 2.47. The Bertz CT molecular complexity index is 1400. The highest BCUT2D eigenvalue weighted by Gasteiger charge is 2.45. The van der Waals surface area contributed by atoms with Gasteiger partial charge in [0.1, 0.15) is 6.61 Å². The van der Waals surface area contributed by atoms with Crippen molar-refractivity contribution in [2.75, 3.05) is 6.61 Å². The van der Waals surface area contributed by atoms with Crippen molar-refractivity contribution in [2.24, 2.45) is 17.8 Å². The van der Waals surface area contributed by atoms with E-state index in [2.05, 4.69) is 76.2 Å². The Morgan fingerprint density at radius 1 is 0.615 bits per heavy atom. The second kappa shape index (κ2) is 24.4. The van der Waals surface area contributed by atoms with Crippen LogP contribution in [-0.2, 0) is 36.8 Å². The van der Waals surface area contributed by atoms with Gasteiger partial charge >= 0.3 is 21.6 Å². The topological polar surface area (TPSA) is 138 Å². The zero-order valence-electron chi connectivity index (χ0n) is 33.7. The zero-order valence-corrected chi connectivity index (χ0v) is 35.5. The molecule has 10 nitrogen and oxygen atoms in total. The molecule has 7 atom stereocenters. The van der Waals surface area contributed by atoms with Crippen LogP contribution in [0.2, 0.25) is 0 Å². The predicted octanol–water partition coefficient (Wildman–Crippen LogP) is 12.0. The van der Waals surface area contributed by atoms with Crippen molar-refractivity contribution in [1.29, 1.82) is 0 Å². The SMILES string of the molecule is CC(=O)OCC1O[C@H](OP(=O)(O)OP(=O)(O)O/C=C(/C)CC/C=C(/C)CC/C=C(/C)CC/C=C(/C)CC/C=C(\C)CCC=C(C)C)C(C)[C@@H](C)[C@@H]1C. The Morgan fingerprint density at radius 2 is 1.04 bits per heavy atom. The quantitative estimate of drug-likeness (QED) is 0.0447. The second-order valence-corrected chi connectivity index (χ2v) is 17.7. The van der Waals surface area contributed by atoms with E-state index in [1.807, 2.05) is 13.8 Å². The molecule has 0 aromatic carbocycles. The monoisotopic (exact) mass is 770 g/mol. The van der Waals surface area contributed by atoms with E-state index in [0.29, 0.717) is 18.4 Å². The number of esters is 1. The summed E-state index contributed by atoms with van der Waals surface area (Å²) in [6.45, 7) is 21.6. The first kappa shape index (κ1) is 48.0. The summed E-state index contributed by atoms with van der Waals surface area (Å²) >= 11 is 0.